The molecule has 0 bridgehead atoms. The fourth-order valence-electron chi connectivity index (χ4n) is 1.91. The monoisotopic (exact) mass is 350 g/mol. The van der Waals surface area contributed by atoms with Gasteiger partial charge in [0.2, 0.25) is 0 Å². The van der Waals surface area contributed by atoms with Crippen LogP contribution in [0.3, 0.4) is 0 Å². The highest BCUT2D eigenvalue weighted by atomic mass is 79.9. The SMILES string of the molecule is Cc1cc(NC(=O)NCCc2ccccc2F)ccc1Br. The normalized spacial score (nSPS) is 10.2. The highest BCUT2D eigenvalue weighted by Gasteiger charge is 2.04. The minimum Gasteiger partial charge on any atom is -0.338 e. The Morgan fingerprint density at radius 3 is 2.71 bits per heavy atom. The van der Waals surface area contributed by atoms with Crippen molar-refractivity contribution in [2.45, 2.75) is 13.3 Å². The molecule has 0 saturated carbocycles. The molecule has 0 aliphatic rings. The molecule has 5 heteroatoms. The van der Waals surface area contributed by atoms with Gasteiger partial charge in [0.25, 0.3) is 0 Å². The zero-order valence-electron chi connectivity index (χ0n) is 11.6. The van der Waals surface area contributed by atoms with Crippen LogP contribution in [0.4, 0.5) is 14.9 Å². The largest absolute Gasteiger partial charge is 0.338 e. The van der Waals surface area contributed by atoms with E-state index in [2.05, 4.69) is 26.6 Å². The first-order chi connectivity index (χ1) is 10.1. The van der Waals surface area contributed by atoms with Crippen molar-refractivity contribution in [1.29, 1.82) is 0 Å². The maximum atomic E-state index is 13.4. The molecule has 2 aromatic rings. The summed E-state index contributed by atoms with van der Waals surface area (Å²) in [6.45, 7) is 2.33. The van der Waals surface area contributed by atoms with E-state index in [-0.39, 0.29) is 11.8 Å². The van der Waals surface area contributed by atoms with Gasteiger partial charge < -0.3 is 10.6 Å². The molecule has 0 unspecified atom stereocenters. The maximum absolute atomic E-state index is 13.4. The fraction of sp³-hybridized carbons (Fsp3) is 0.188. The van der Waals surface area contributed by atoms with E-state index in [4.69, 9.17) is 0 Å². The highest BCUT2D eigenvalue weighted by molar-refractivity contribution is 9.10. The van der Waals surface area contributed by atoms with Crippen molar-refractivity contribution in [3.8, 4) is 0 Å². The lowest BCUT2D eigenvalue weighted by molar-refractivity contribution is 0.252. The van der Waals surface area contributed by atoms with Crippen molar-refractivity contribution in [2.24, 2.45) is 0 Å². The summed E-state index contributed by atoms with van der Waals surface area (Å²) >= 11 is 3.41. The number of rotatable bonds is 4. The molecular formula is C16H16BrFN2O. The van der Waals surface area contributed by atoms with Gasteiger partial charge >= 0.3 is 6.03 Å². The molecule has 3 nitrogen and oxygen atoms in total. The first-order valence-corrected chi connectivity index (χ1v) is 7.40. The van der Waals surface area contributed by atoms with Crippen LogP contribution in [0.1, 0.15) is 11.1 Å². The summed E-state index contributed by atoms with van der Waals surface area (Å²) in [5, 5.41) is 5.46. The lowest BCUT2D eigenvalue weighted by Gasteiger charge is -2.09. The number of hydrogen-bond donors (Lipinski definition) is 2. The van der Waals surface area contributed by atoms with Gasteiger partial charge in [-0.2, -0.15) is 0 Å². The molecule has 2 aromatic carbocycles. The molecule has 0 saturated heterocycles. The van der Waals surface area contributed by atoms with E-state index in [1.54, 1.807) is 18.2 Å². The van der Waals surface area contributed by atoms with E-state index < -0.39 is 0 Å². The van der Waals surface area contributed by atoms with Crippen LogP contribution in [0.5, 0.6) is 0 Å². The van der Waals surface area contributed by atoms with E-state index in [1.165, 1.54) is 6.07 Å². The third-order valence-corrected chi connectivity index (χ3v) is 3.94. The maximum Gasteiger partial charge on any atom is 0.319 e. The molecule has 0 aliphatic carbocycles. The number of halogens is 2. The topological polar surface area (TPSA) is 41.1 Å². The average molecular weight is 351 g/mol. The molecule has 0 fully saturated rings. The van der Waals surface area contributed by atoms with Gasteiger partial charge in [0, 0.05) is 16.7 Å². The van der Waals surface area contributed by atoms with Crippen LogP contribution in [0.15, 0.2) is 46.9 Å². The van der Waals surface area contributed by atoms with Gasteiger partial charge in [-0.05, 0) is 48.7 Å². The Morgan fingerprint density at radius 2 is 2.00 bits per heavy atom. The van der Waals surface area contributed by atoms with Crippen LogP contribution in [0.2, 0.25) is 0 Å². The summed E-state index contributed by atoms with van der Waals surface area (Å²) in [4.78, 5) is 11.8. The summed E-state index contributed by atoms with van der Waals surface area (Å²) in [6, 6.07) is 11.8. The van der Waals surface area contributed by atoms with Gasteiger partial charge in [0.1, 0.15) is 5.82 Å². The molecule has 0 radical (unpaired) electrons. The van der Waals surface area contributed by atoms with Crippen molar-refractivity contribution in [2.75, 3.05) is 11.9 Å². The predicted molar refractivity (Wildman–Crippen MR) is 86.0 cm³/mol. The Labute approximate surface area is 131 Å². The Morgan fingerprint density at radius 1 is 1.24 bits per heavy atom. The number of hydrogen-bond acceptors (Lipinski definition) is 1. The van der Waals surface area contributed by atoms with Crippen LogP contribution in [-0.4, -0.2) is 12.6 Å². The van der Waals surface area contributed by atoms with E-state index in [1.807, 2.05) is 25.1 Å². The molecule has 2 amide bonds. The van der Waals surface area contributed by atoms with Crippen molar-refractivity contribution in [3.05, 3.63) is 63.9 Å². The number of carbonyl (C=O) groups excluding carboxylic acids is 1. The Kier molecular flexibility index (Phi) is 5.33. The lowest BCUT2D eigenvalue weighted by atomic mass is 10.1. The molecule has 0 spiro atoms. The molecule has 2 rings (SSSR count). The van der Waals surface area contributed by atoms with Crippen LogP contribution in [-0.2, 0) is 6.42 Å². The third-order valence-electron chi connectivity index (χ3n) is 3.05. The molecule has 110 valence electrons. The zero-order valence-corrected chi connectivity index (χ0v) is 13.2. The number of anilines is 1. The van der Waals surface area contributed by atoms with Gasteiger partial charge in [0.15, 0.2) is 0 Å². The van der Waals surface area contributed by atoms with Gasteiger partial charge in [-0.15, -0.1) is 0 Å². The number of nitrogens with one attached hydrogen (secondary N) is 2. The van der Waals surface area contributed by atoms with Crippen LogP contribution in [0, 0.1) is 12.7 Å². The number of urea groups is 1. The predicted octanol–water partition coefficient (Wildman–Crippen LogP) is 4.26. The first kappa shape index (κ1) is 15.5. The number of aryl methyl sites for hydroxylation is 1. The summed E-state index contributed by atoms with van der Waals surface area (Å²) in [7, 11) is 0. The highest BCUT2D eigenvalue weighted by Crippen LogP contribution is 2.19. The summed E-state index contributed by atoms with van der Waals surface area (Å²) < 4.78 is 14.4. The fourth-order valence-corrected chi connectivity index (χ4v) is 2.16. The molecule has 0 aromatic heterocycles. The average Bonchev–Trinajstić information content (AvgIpc) is 2.45. The van der Waals surface area contributed by atoms with Crippen LogP contribution >= 0.6 is 15.9 Å². The second-order valence-corrected chi connectivity index (χ2v) is 5.54. The minimum atomic E-state index is -0.298. The molecule has 0 atom stereocenters. The van der Waals surface area contributed by atoms with Crippen LogP contribution in [0.25, 0.3) is 0 Å². The lowest BCUT2D eigenvalue weighted by Crippen LogP contribution is -2.30. The second-order valence-electron chi connectivity index (χ2n) is 4.69. The van der Waals surface area contributed by atoms with E-state index in [0.29, 0.717) is 18.5 Å². The smallest absolute Gasteiger partial charge is 0.319 e. The molecular weight excluding hydrogens is 335 g/mol. The van der Waals surface area contributed by atoms with Gasteiger partial charge in [-0.1, -0.05) is 34.1 Å². The van der Waals surface area contributed by atoms with Crippen LogP contribution < -0.4 is 10.6 Å². The standard InChI is InChI=1S/C16H16BrFN2O/c1-11-10-13(6-7-14(11)17)20-16(21)19-9-8-12-4-2-3-5-15(12)18/h2-7,10H,8-9H2,1H3,(H2,19,20,21). The second kappa shape index (κ2) is 7.22. The Bertz CT molecular complexity index is 646. The summed E-state index contributed by atoms with van der Waals surface area (Å²) in [5.74, 6) is -0.247. The van der Waals surface area contributed by atoms with E-state index in [9.17, 15) is 9.18 Å². The Balaban J connectivity index is 1.82. The summed E-state index contributed by atoms with van der Waals surface area (Å²) in [5.41, 5.74) is 2.36. The molecule has 0 heterocycles. The third kappa shape index (κ3) is 4.56. The number of carbonyl (C=O) groups is 1. The first-order valence-electron chi connectivity index (χ1n) is 6.60. The Hall–Kier alpha value is -1.88. The summed E-state index contributed by atoms with van der Waals surface area (Å²) in [6.07, 6.45) is 0.458. The molecule has 2 N–H and O–H groups in total. The molecule has 21 heavy (non-hydrogen) atoms. The van der Waals surface area contributed by atoms with Crippen molar-refractivity contribution < 1.29 is 9.18 Å². The van der Waals surface area contributed by atoms with Gasteiger partial charge in [0.05, 0.1) is 0 Å². The zero-order chi connectivity index (χ0) is 15.2. The van der Waals surface area contributed by atoms with Gasteiger partial charge in [-0.25, -0.2) is 9.18 Å². The van der Waals surface area contributed by atoms with Crippen molar-refractivity contribution in [1.82, 2.24) is 5.32 Å². The van der Waals surface area contributed by atoms with Crippen molar-refractivity contribution in [3.63, 3.8) is 0 Å². The number of benzene rings is 2. The van der Waals surface area contributed by atoms with Crippen molar-refractivity contribution >= 4 is 27.6 Å². The molecule has 0 aliphatic heterocycles. The number of amides is 2. The minimum absolute atomic E-state index is 0.247. The van der Waals surface area contributed by atoms with E-state index >= 15 is 0 Å². The van der Waals surface area contributed by atoms with Gasteiger partial charge in [-0.3, -0.25) is 0 Å². The van der Waals surface area contributed by atoms with E-state index in [0.717, 1.165) is 15.7 Å². The quantitative estimate of drug-likeness (QED) is 0.849.